The van der Waals surface area contributed by atoms with Crippen LogP contribution in [0.5, 0.6) is 5.75 Å². The van der Waals surface area contributed by atoms with E-state index in [1.807, 2.05) is 18.2 Å². The summed E-state index contributed by atoms with van der Waals surface area (Å²) >= 11 is 1.66. The van der Waals surface area contributed by atoms with Crippen molar-refractivity contribution in [2.24, 2.45) is 0 Å². The number of hydrogen-bond donors (Lipinski definition) is 0. The van der Waals surface area contributed by atoms with Gasteiger partial charge in [0, 0.05) is 0 Å². The molecule has 6 heteroatoms. The van der Waals surface area contributed by atoms with Crippen LogP contribution in [0, 0.1) is 0 Å². The fraction of sp³-hybridized carbons (Fsp3) is 0.455. The molecule has 0 amide bonds. The van der Waals surface area contributed by atoms with E-state index in [4.69, 9.17) is 8.92 Å². The van der Waals surface area contributed by atoms with Crippen molar-refractivity contribution >= 4 is 21.9 Å². The summed E-state index contributed by atoms with van der Waals surface area (Å²) in [5.74, 6) is 1.52. The zero-order valence-corrected chi connectivity index (χ0v) is 11.3. The first-order valence-corrected chi connectivity index (χ1v) is 8.01. The van der Waals surface area contributed by atoms with Crippen LogP contribution in [-0.4, -0.2) is 26.7 Å². The fourth-order valence-corrected chi connectivity index (χ4v) is 3.13. The van der Waals surface area contributed by atoms with Crippen LogP contribution in [0.2, 0.25) is 0 Å². The predicted octanol–water partition coefficient (Wildman–Crippen LogP) is 2.04. The van der Waals surface area contributed by atoms with Crippen LogP contribution in [0.15, 0.2) is 23.1 Å². The van der Waals surface area contributed by atoms with E-state index >= 15 is 0 Å². The Morgan fingerprint density at radius 2 is 2.29 bits per heavy atom. The lowest BCUT2D eigenvalue weighted by atomic mass is 10.1. The van der Waals surface area contributed by atoms with E-state index in [0.717, 1.165) is 22.5 Å². The molecule has 1 heterocycles. The molecule has 0 saturated heterocycles. The summed E-state index contributed by atoms with van der Waals surface area (Å²) in [6, 6.07) is 5.91. The Balaban J connectivity index is 2.04. The minimum absolute atomic E-state index is 0.364. The second-order valence-electron chi connectivity index (χ2n) is 4.00. The number of ether oxygens (including phenoxy) is 1. The molecule has 0 fully saturated rings. The highest BCUT2D eigenvalue weighted by Gasteiger charge is 2.15. The van der Waals surface area contributed by atoms with Crippen molar-refractivity contribution in [3.8, 4) is 5.75 Å². The third-order valence-corrected chi connectivity index (χ3v) is 3.86. The van der Waals surface area contributed by atoms with Crippen LogP contribution in [0.25, 0.3) is 0 Å². The second kappa shape index (κ2) is 4.88. The quantitative estimate of drug-likeness (QED) is 0.786. The average molecular weight is 274 g/mol. The maximum Gasteiger partial charge on any atom is 0.264 e. The van der Waals surface area contributed by atoms with Crippen LogP contribution in [-0.2, 0) is 20.7 Å². The molecule has 0 aromatic heterocycles. The third-order valence-electron chi connectivity index (χ3n) is 2.30. The van der Waals surface area contributed by atoms with E-state index in [2.05, 4.69) is 0 Å². The molecule has 1 aliphatic rings. The topological polar surface area (TPSA) is 52.6 Å². The highest BCUT2D eigenvalue weighted by atomic mass is 32.2. The summed E-state index contributed by atoms with van der Waals surface area (Å²) in [4.78, 5) is 1.13. The third kappa shape index (κ3) is 3.62. The molecule has 1 aromatic carbocycles. The molecule has 0 N–H and O–H groups in total. The van der Waals surface area contributed by atoms with Gasteiger partial charge in [-0.3, -0.25) is 4.18 Å². The summed E-state index contributed by atoms with van der Waals surface area (Å²) in [7, 11) is -3.39. The highest BCUT2D eigenvalue weighted by Crippen LogP contribution is 2.36. The van der Waals surface area contributed by atoms with Gasteiger partial charge in [0.2, 0.25) is 0 Å². The van der Waals surface area contributed by atoms with Crippen LogP contribution in [0.1, 0.15) is 12.5 Å². The van der Waals surface area contributed by atoms with Crippen molar-refractivity contribution in [2.45, 2.75) is 24.3 Å². The molecule has 0 bridgehead atoms. The predicted molar refractivity (Wildman–Crippen MR) is 66.9 cm³/mol. The smallest absolute Gasteiger partial charge is 0.264 e. The van der Waals surface area contributed by atoms with Gasteiger partial charge in [-0.05, 0) is 31.0 Å². The molecular weight excluding hydrogens is 260 g/mol. The molecule has 0 saturated carbocycles. The van der Waals surface area contributed by atoms with E-state index in [1.165, 1.54) is 0 Å². The van der Waals surface area contributed by atoms with Crippen molar-refractivity contribution < 1.29 is 17.3 Å². The molecule has 0 aliphatic carbocycles. The number of hydrogen-bond acceptors (Lipinski definition) is 5. The van der Waals surface area contributed by atoms with Crippen molar-refractivity contribution in [3.05, 3.63) is 23.8 Å². The van der Waals surface area contributed by atoms with Gasteiger partial charge in [0.05, 0.1) is 17.3 Å². The highest BCUT2D eigenvalue weighted by molar-refractivity contribution is 7.99. The van der Waals surface area contributed by atoms with Gasteiger partial charge in [-0.15, -0.1) is 0 Å². The minimum atomic E-state index is -3.39. The number of fused-ring (bicyclic) bond motifs is 1. The van der Waals surface area contributed by atoms with Crippen LogP contribution in [0.3, 0.4) is 0 Å². The fourth-order valence-electron chi connectivity index (χ4n) is 1.73. The summed E-state index contributed by atoms with van der Waals surface area (Å²) in [5, 5.41) is 0. The summed E-state index contributed by atoms with van der Waals surface area (Å²) in [6.45, 7) is 1.74. The van der Waals surface area contributed by atoms with Gasteiger partial charge in [-0.1, -0.05) is 17.8 Å². The van der Waals surface area contributed by atoms with Crippen molar-refractivity contribution in [3.63, 3.8) is 0 Å². The zero-order chi connectivity index (χ0) is 12.5. The van der Waals surface area contributed by atoms with E-state index in [-0.39, 0.29) is 6.10 Å². The van der Waals surface area contributed by atoms with E-state index in [1.54, 1.807) is 18.7 Å². The summed E-state index contributed by atoms with van der Waals surface area (Å²) in [6.07, 6.45) is 1.25. The van der Waals surface area contributed by atoms with Gasteiger partial charge in [0.25, 0.3) is 10.1 Å². The lowest BCUT2D eigenvalue weighted by Gasteiger charge is -2.11. The Bertz CT molecular complexity index is 510. The molecule has 1 aromatic rings. The lowest BCUT2D eigenvalue weighted by molar-refractivity contribution is 0.231. The SMILES string of the molecule is CC(Cc1ccc2c(c1)OCS2)OS(C)(=O)=O. The maximum atomic E-state index is 11.0. The summed E-state index contributed by atoms with van der Waals surface area (Å²) < 4.78 is 32.3. The largest absolute Gasteiger partial charge is 0.481 e. The standard InChI is InChI=1S/C11H14O4S2/c1-8(15-17(2,12)13)5-9-3-4-11-10(6-9)14-7-16-11/h3-4,6,8H,5,7H2,1-2H3. The Morgan fingerprint density at radius 3 is 3.00 bits per heavy atom. The van der Waals surface area contributed by atoms with Crippen LogP contribution in [0.4, 0.5) is 0 Å². The molecule has 94 valence electrons. The van der Waals surface area contributed by atoms with Gasteiger partial charge in [0.1, 0.15) is 11.7 Å². The number of thioether (sulfide) groups is 1. The van der Waals surface area contributed by atoms with Crippen molar-refractivity contribution in [1.82, 2.24) is 0 Å². The van der Waals surface area contributed by atoms with Gasteiger partial charge >= 0.3 is 0 Å². The molecule has 1 atom stereocenters. The minimum Gasteiger partial charge on any atom is -0.481 e. The number of rotatable bonds is 4. The van der Waals surface area contributed by atoms with Crippen LogP contribution >= 0.6 is 11.8 Å². The first-order valence-electron chi connectivity index (χ1n) is 5.21. The van der Waals surface area contributed by atoms with Gasteiger partial charge in [-0.2, -0.15) is 8.42 Å². The van der Waals surface area contributed by atoms with Crippen molar-refractivity contribution in [1.29, 1.82) is 0 Å². The van der Waals surface area contributed by atoms with E-state index in [0.29, 0.717) is 12.4 Å². The molecule has 1 aliphatic heterocycles. The molecule has 0 spiro atoms. The molecular formula is C11H14O4S2. The normalized spacial score (nSPS) is 16.4. The van der Waals surface area contributed by atoms with Gasteiger partial charge in [-0.25, -0.2) is 0 Å². The Kier molecular flexibility index (Phi) is 3.65. The van der Waals surface area contributed by atoms with E-state index < -0.39 is 10.1 Å². The summed E-state index contributed by atoms with van der Waals surface area (Å²) in [5.41, 5.74) is 1.02. The first-order chi connectivity index (χ1) is 7.94. The van der Waals surface area contributed by atoms with Gasteiger partial charge in [0.15, 0.2) is 0 Å². The molecule has 1 unspecified atom stereocenters. The van der Waals surface area contributed by atoms with Crippen LogP contribution < -0.4 is 4.74 Å². The lowest BCUT2D eigenvalue weighted by Crippen LogP contribution is -2.16. The second-order valence-corrected chi connectivity index (χ2v) is 6.57. The molecule has 0 radical (unpaired) electrons. The van der Waals surface area contributed by atoms with Crippen molar-refractivity contribution in [2.75, 3.05) is 12.2 Å². The average Bonchev–Trinajstić information content (AvgIpc) is 2.61. The maximum absolute atomic E-state index is 11.0. The Morgan fingerprint density at radius 1 is 1.53 bits per heavy atom. The molecule has 2 rings (SSSR count). The molecule has 4 nitrogen and oxygen atoms in total. The van der Waals surface area contributed by atoms with E-state index in [9.17, 15) is 8.42 Å². The first kappa shape index (κ1) is 12.7. The van der Waals surface area contributed by atoms with Gasteiger partial charge < -0.3 is 4.74 Å². The molecule has 17 heavy (non-hydrogen) atoms. The Hall–Kier alpha value is -0.720. The zero-order valence-electron chi connectivity index (χ0n) is 9.67. The Labute approximate surface area is 105 Å². The monoisotopic (exact) mass is 274 g/mol. The number of benzene rings is 1.